The van der Waals surface area contributed by atoms with E-state index in [2.05, 4.69) is 0 Å². The molecule has 1 aliphatic rings. The third-order valence-corrected chi connectivity index (χ3v) is 8.98. The van der Waals surface area contributed by atoms with Gasteiger partial charge in [0.2, 0.25) is 10.0 Å². The van der Waals surface area contributed by atoms with Crippen LogP contribution in [0, 0.1) is 5.92 Å². The van der Waals surface area contributed by atoms with E-state index in [0.717, 1.165) is 0 Å². The largest absolute Gasteiger partial charge is 0.493 e. The molecule has 7 nitrogen and oxygen atoms in total. The molecule has 0 spiro atoms. The summed E-state index contributed by atoms with van der Waals surface area (Å²) in [6.07, 6.45) is 0.642. The lowest BCUT2D eigenvalue weighted by molar-refractivity contribution is 0.342. The number of hydrogen-bond donors (Lipinski definition) is 0. The van der Waals surface area contributed by atoms with E-state index in [1.165, 1.54) is 30.7 Å². The second kappa shape index (κ2) is 8.14. The summed E-state index contributed by atoms with van der Waals surface area (Å²) in [6.45, 7) is 4.12. The van der Waals surface area contributed by atoms with Crippen molar-refractivity contribution in [3.8, 4) is 11.5 Å². The van der Waals surface area contributed by atoms with Gasteiger partial charge in [0, 0.05) is 19.2 Å². The number of ether oxygens (including phenoxy) is 2. The topological polar surface area (TPSA) is 90.0 Å². The molecule has 0 amide bonds. The number of rotatable bonds is 7. The van der Waals surface area contributed by atoms with Crippen molar-refractivity contribution in [1.82, 2.24) is 4.31 Å². The second-order valence-electron chi connectivity index (χ2n) is 6.84. The zero-order valence-corrected chi connectivity index (χ0v) is 17.3. The number of benzene rings is 1. The van der Waals surface area contributed by atoms with Gasteiger partial charge in [0.1, 0.15) is 0 Å². The molecule has 0 unspecified atom stereocenters. The quantitative estimate of drug-likeness (QED) is 0.688. The van der Waals surface area contributed by atoms with Gasteiger partial charge in [-0.15, -0.1) is 0 Å². The van der Waals surface area contributed by atoms with Crippen molar-refractivity contribution in [2.24, 2.45) is 5.92 Å². The van der Waals surface area contributed by atoms with E-state index in [-0.39, 0.29) is 29.7 Å². The van der Waals surface area contributed by atoms with Crippen molar-refractivity contribution in [3.63, 3.8) is 0 Å². The van der Waals surface area contributed by atoms with Crippen LogP contribution in [0.5, 0.6) is 11.5 Å². The Balaban J connectivity index is 2.15. The summed E-state index contributed by atoms with van der Waals surface area (Å²) in [5, 5.41) is -0.471. The summed E-state index contributed by atoms with van der Waals surface area (Å²) in [5.74, 6) is 0.988. The number of hydrogen-bond acceptors (Lipinski definition) is 6. The molecule has 1 fully saturated rings. The Hall–Kier alpha value is -1.32. The Morgan fingerprint density at radius 3 is 2.12 bits per heavy atom. The molecule has 0 aromatic heterocycles. The Kier molecular flexibility index (Phi) is 6.57. The standard InChI is InChI=1S/C17H27NO6S2/c1-13(2)12-25(19,20)14-7-9-18(10-8-14)26(21,22)15-5-6-16(23-3)17(11-15)24-4/h5-6,11,13-14H,7-10,12H2,1-4H3. The van der Waals surface area contributed by atoms with Crippen LogP contribution in [-0.4, -0.2) is 59.5 Å². The molecule has 0 aliphatic carbocycles. The molecule has 0 atom stereocenters. The van der Waals surface area contributed by atoms with Crippen LogP contribution >= 0.6 is 0 Å². The van der Waals surface area contributed by atoms with E-state index in [0.29, 0.717) is 24.3 Å². The summed E-state index contributed by atoms with van der Waals surface area (Å²) in [4.78, 5) is 0.110. The molecular formula is C17H27NO6S2. The highest BCUT2D eigenvalue weighted by atomic mass is 32.2. The number of sulfonamides is 1. The van der Waals surface area contributed by atoms with Crippen molar-refractivity contribution in [1.29, 1.82) is 0 Å². The van der Waals surface area contributed by atoms with Gasteiger partial charge in [0.05, 0.1) is 30.1 Å². The Bertz CT molecular complexity index is 825. The Labute approximate surface area is 156 Å². The minimum Gasteiger partial charge on any atom is -0.493 e. The summed E-state index contributed by atoms with van der Waals surface area (Å²) >= 11 is 0. The average Bonchev–Trinajstić information content (AvgIpc) is 2.60. The minimum absolute atomic E-state index is 0.0635. The van der Waals surface area contributed by atoms with E-state index in [4.69, 9.17) is 9.47 Å². The van der Waals surface area contributed by atoms with Gasteiger partial charge in [-0.3, -0.25) is 0 Å². The molecule has 1 heterocycles. The van der Waals surface area contributed by atoms with Crippen molar-refractivity contribution in [2.45, 2.75) is 36.8 Å². The van der Waals surface area contributed by atoms with Gasteiger partial charge in [-0.05, 0) is 30.9 Å². The molecule has 1 aromatic carbocycles. The monoisotopic (exact) mass is 405 g/mol. The molecule has 0 N–H and O–H groups in total. The Morgan fingerprint density at radius 2 is 1.62 bits per heavy atom. The molecule has 148 valence electrons. The lowest BCUT2D eigenvalue weighted by Gasteiger charge is -2.31. The summed E-state index contributed by atoms with van der Waals surface area (Å²) in [7, 11) is -3.98. The molecule has 0 bridgehead atoms. The van der Waals surface area contributed by atoms with Crippen LogP contribution in [0.3, 0.4) is 0 Å². The first-order valence-corrected chi connectivity index (χ1v) is 11.7. The lowest BCUT2D eigenvalue weighted by Crippen LogP contribution is -2.43. The van der Waals surface area contributed by atoms with Gasteiger partial charge in [0.15, 0.2) is 21.3 Å². The molecule has 0 radical (unpaired) electrons. The summed E-state index contributed by atoms with van der Waals surface area (Å²) in [6, 6.07) is 4.44. The van der Waals surface area contributed by atoms with Crippen LogP contribution in [-0.2, 0) is 19.9 Å². The first-order chi connectivity index (χ1) is 12.1. The van der Waals surface area contributed by atoms with Crippen LogP contribution in [0.2, 0.25) is 0 Å². The second-order valence-corrected chi connectivity index (χ2v) is 11.1. The third kappa shape index (κ3) is 4.50. The molecule has 1 aliphatic heterocycles. The first-order valence-electron chi connectivity index (χ1n) is 8.55. The SMILES string of the molecule is COc1ccc(S(=O)(=O)N2CCC(S(=O)(=O)CC(C)C)CC2)cc1OC. The fraction of sp³-hybridized carbons (Fsp3) is 0.647. The maximum atomic E-state index is 12.9. The van der Waals surface area contributed by atoms with Crippen molar-refractivity contribution >= 4 is 19.9 Å². The van der Waals surface area contributed by atoms with Gasteiger partial charge < -0.3 is 9.47 Å². The van der Waals surface area contributed by atoms with Crippen LogP contribution < -0.4 is 9.47 Å². The molecule has 1 saturated heterocycles. The van der Waals surface area contributed by atoms with E-state index in [1.807, 2.05) is 13.8 Å². The van der Waals surface area contributed by atoms with Crippen LogP contribution in [0.1, 0.15) is 26.7 Å². The van der Waals surface area contributed by atoms with Crippen LogP contribution in [0.15, 0.2) is 23.1 Å². The summed E-state index contributed by atoms with van der Waals surface area (Å²) in [5.41, 5.74) is 0. The predicted molar refractivity (Wildman–Crippen MR) is 100.0 cm³/mol. The number of piperidine rings is 1. The predicted octanol–water partition coefficient (Wildman–Crippen LogP) is 1.93. The minimum atomic E-state index is -3.71. The van der Waals surface area contributed by atoms with Crippen LogP contribution in [0.25, 0.3) is 0 Å². The van der Waals surface area contributed by atoms with E-state index >= 15 is 0 Å². The number of nitrogens with zero attached hydrogens (tertiary/aromatic N) is 1. The van der Waals surface area contributed by atoms with Gasteiger partial charge in [-0.1, -0.05) is 13.8 Å². The van der Waals surface area contributed by atoms with Gasteiger partial charge >= 0.3 is 0 Å². The van der Waals surface area contributed by atoms with E-state index in [9.17, 15) is 16.8 Å². The highest BCUT2D eigenvalue weighted by molar-refractivity contribution is 7.92. The lowest BCUT2D eigenvalue weighted by atomic mass is 10.2. The number of methoxy groups -OCH3 is 2. The third-order valence-electron chi connectivity index (χ3n) is 4.47. The maximum Gasteiger partial charge on any atom is 0.243 e. The Morgan fingerprint density at radius 1 is 1.04 bits per heavy atom. The van der Waals surface area contributed by atoms with Gasteiger partial charge in [-0.25, -0.2) is 16.8 Å². The highest BCUT2D eigenvalue weighted by Gasteiger charge is 2.35. The van der Waals surface area contributed by atoms with Crippen molar-refractivity contribution in [3.05, 3.63) is 18.2 Å². The van der Waals surface area contributed by atoms with Crippen LogP contribution in [0.4, 0.5) is 0 Å². The van der Waals surface area contributed by atoms with Gasteiger partial charge in [0.25, 0.3) is 0 Å². The molecule has 1 aromatic rings. The van der Waals surface area contributed by atoms with Gasteiger partial charge in [-0.2, -0.15) is 4.31 Å². The van der Waals surface area contributed by atoms with Crippen molar-refractivity contribution < 1.29 is 26.3 Å². The molecule has 9 heteroatoms. The summed E-state index contributed by atoms with van der Waals surface area (Å²) < 4.78 is 62.1. The molecule has 2 rings (SSSR count). The average molecular weight is 406 g/mol. The maximum absolute atomic E-state index is 12.9. The zero-order chi connectivity index (χ0) is 19.5. The fourth-order valence-electron chi connectivity index (χ4n) is 3.16. The van der Waals surface area contributed by atoms with Crippen molar-refractivity contribution in [2.75, 3.05) is 33.1 Å². The highest BCUT2D eigenvalue weighted by Crippen LogP contribution is 2.32. The normalized spacial score (nSPS) is 17.4. The fourth-order valence-corrected chi connectivity index (χ4v) is 6.77. The van der Waals surface area contributed by atoms with E-state index < -0.39 is 25.1 Å². The van der Waals surface area contributed by atoms with E-state index in [1.54, 1.807) is 6.07 Å². The number of sulfone groups is 1. The zero-order valence-electron chi connectivity index (χ0n) is 15.6. The molecular weight excluding hydrogens is 378 g/mol. The smallest absolute Gasteiger partial charge is 0.243 e. The first kappa shape index (κ1) is 21.0. The molecule has 26 heavy (non-hydrogen) atoms. The molecule has 0 saturated carbocycles.